The molecule has 10 fully saturated rings. The van der Waals surface area contributed by atoms with E-state index >= 15 is 0 Å². The molecule has 0 nitrogen and oxygen atoms in total. The monoisotopic (exact) mass is 344 g/mol. The predicted octanol–water partition coefficient (Wildman–Crippen LogP) is 6.26. The van der Waals surface area contributed by atoms with E-state index in [2.05, 4.69) is 46.2 Å². The Morgan fingerprint density at radius 2 is 1.15 bits per heavy atom. The Morgan fingerprint density at radius 3 is 1.30 bits per heavy atom. The fraction of sp³-hybridized carbons (Fsp3) is 1.00. The van der Waals surface area contributed by atoms with Gasteiger partial charge in [0.1, 0.15) is 0 Å². The molecule has 10 aliphatic rings. The minimum absolute atomic E-state index is 0.996. The van der Waals surface area contributed by atoms with Crippen LogP contribution in [-0.2, 0) is 6.51 Å². The van der Waals surface area contributed by atoms with Crippen LogP contribution in [-0.4, -0.2) is 16.1 Å². The van der Waals surface area contributed by atoms with Gasteiger partial charge < -0.3 is 0 Å². The molecule has 5 atom stereocenters. The van der Waals surface area contributed by atoms with Gasteiger partial charge in [0.05, 0.1) is 0 Å². The van der Waals surface area contributed by atoms with Crippen molar-refractivity contribution in [3.8, 4) is 0 Å². The molecule has 0 N–H and O–H groups in total. The predicted molar refractivity (Wildman–Crippen MR) is 86.7 cm³/mol. The molecule has 0 aliphatic carbocycles. The van der Waals surface area contributed by atoms with Crippen LogP contribution in [0.2, 0.25) is 85.2 Å². The molecule has 10 rings (SSSR count). The fourth-order valence-corrected chi connectivity index (χ4v) is 158. The summed E-state index contributed by atoms with van der Waals surface area (Å²) in [6, 6.07) is 0. The van der Waals surface area contributed by atoms with Gasteiger partial charge in [-0.15, -0.1) is 0 Å². The SMILES string of the molecule is C[C]12[CH]3[CH]4[C]5([Si](C)(C)C)[C]1([Si](C)(C)C)[Fe]34251678[CH]2[CH]1[CH]6[CH]7[CH]28. The second-order valence-corrected chi connectivity index (χ2v) is 49.3. The van der Waals surface area contributed by atoms with E-state index in [1.807, 2.05) is 0 Å². The van der Waals surface area contributed by atoms with E-state index in [9.17, 15) is 0 Å². The van der Waals surface area contributed by atoms with E-state index in [1.54, 1.807) is 0 Å². The molecule has 0 aromatic rings. The van der Waals surface area contributed by atoms with Crippen molar-refractivity contribution >= 4 is 16.1 Å². The molecule has 3 heteroatoms. The maximum atomic E-state index is 2.96. The summed E-state index contributed by atoms with van der Waals surface area (Å²) >= 11 is 0. The zero-order valence-corrected chi connectivity index (χ0v) is 17.0. The first-order valence-corrected chi connectivity index (χ1v) is 22.2. The van der Waals surface area contributed by atoms with Gasteiger partial charge in [0.2, 0.25) is 0 Å². The van der Waals surface area contributed by atoms with E-state index < -0.39 is 22.7 Å². The molecule has 112 valence electrons. The molecule has 0 radical (unpaired) electrons. The number of fused-ring (bicyclic) bond motifs is 10. The second-order valence-electron chi connectivity index (χ2n) is 14.7. The van der Waals surface area contributed by atoms with Crippen molar-refractivity contribution < 1.29 is 6.51 Å². The summed E-state index contributed by atoms with van der Waals surface area (Å²) in [4.78, 5) is 10.5. The van der Waals surface area contributed by atoms with Crippen LogP contribution >= 0.6 is 0 Å². The number of hydrogen-bond donors (Lipinski definition) is 0. The molecular formula is C17H28FeSi2. The van der Waals surface area contributed by atoms with Gasteiger partial charge in [-0.3, -0.25) is 0 Å². The summed E-state index contributed by atoms with van der Waals surface area (Å²) in [7, 11) is -2.02. The summed E-state index contributed by atoms with van der Waals surface area (Å²) in [5, 5.41) is 0. The molecule has 10 heterocycles. The van der Waals surface area contributed by atoms with Crippen molar-refractivity contribution in [2.24, 2.45) is 0 Å². The Kier molecular flexibility index (Phi) is 0.355. The van der Waals surface area contributed by atoms with Gasteiger partial charge in [0, 0.05) is 0 Å². The van der Waals surface area contributed by atoms with E-state index in [-0.39, 0.29) is 0 Å². The first kappa shape index (κ1) is 9.30. The third-order valence-corrected chi connectivity index (χ3v) is 81.2. The molecule has 10 saturated heterocycles. The molecule has 0 aromatic heterocycles. The molecule has 5 unspecified atom stereocenters. The first-order chi connectivity index (χ1) is 8.83. The van der Waals surface area contributed by atoms with E-state index in [1.165, 1.54) is 37.7 Å². The second kappa shape index (κ2) is 0.763. The molecule has 0 saturated carbocycles. The minimum atomic E-state index is -3.13. The van der Waals surface area contributed by atoms with Crippen molar-refractivity contribution in [2.75, 3.05) is 0 Å². The van der Waals surface area contributed by atoms with Crippen molar-refractivity contribution in [1.82, 2.24) is 0 Å². The van der Waals surface area contributed by atoms with Gasteiger partial charge in [0.25, 0.3) is 0 Å². The number of hydrogen-bond acceptors (Lipinski definition) is 0. The van der Waals surface area contributed by atoms with Gasteiger partial charge in [-0.25, -0.2) is 0 Å². The van der Waals surface area contributed by atoms with Gasteiger partial charge in [-0.1, -0.05) is 0 Å². The molecule has 0 aromatic carbocycles. The molecule has 0 amide bonds. The van der Waals surface area contributed by atoms with Gasteiger partial charge >= 0.3 is 115 Å². The van der Waals surface area contributed by atoms with Crippen LogP contribution in [0.1, 0.15) is 6.92 Å². The van der Waals surface area contributed by atoms with E-state index in [0.29, 0.717) is 0 Å². The van der Waals surface area contributed by atoms with Crippen LogP contribution in [0.15, 0.2) is 0 Å². The Balaban J connectivity index is 1.69. The first-order valence-electron chi connectivity index (χ1n) is 9.04. The summed E-state index contributed by atoms with van der Waals surface area (Å²) < 4.78 is 3.41. The average molecular weight is 344 g/mol. The van der Waals surface area contributed by atoms with Gasteiger partial charge in [-0.05, 0) is 0 Å². The van der Waals surface area contributed by atoms with Crippen LogP contribution < -0.4 is 0 Å². The summed E-state index contributed by atoms with van der Waals surface area (Å²) in [6.07, 6.45) is 0. The third-order valence-electron chi connectivity index (χ3n) is 17.9. The maximum absolute atomic E-state index is 3.13. The van der Waals surface area contributed by atoms with E-state index in [0.717, 1.165) is 8.25 Å². The average Bonchev–Trinajstić information content (AvgIpc) is 3.19. The summed E-state index contributed by atoms with van der Waals surface area (Å²) in [5.74, 6) is 0. The molecule has 20 heavy (non-hydrogen) atoms. The molecule has 1 spiro atoms. The standard InChI is InChI=1S/C12H23Si2.C5H5.Fe/c1-10-8-9-11(13(2,3)4)12(10)14(5,6)7;1-2-4-5-3-1;/h8-9H,1-7H3;1-5H;. The Morgan fingerprint density at radius 1 is 0.700 bits per heavy atom. The van der Waals surface area contributed by atoms with Crippen molar-refractivity contribution in [3.63, 3.8) is 0 Å². The van der Waals surface area contributed by atoms with Crippen LogP contribution in [0.25, 0.3) is 0 Å². The fourth-order valence-electron chi connectivity index (χ4n) is 22.7. The van der Waals surface area contributed by atoms with Gasteiger partial charge in [0.15, 0.2) is 0 Å². The van der Waals surface area contributed by atoms with Crippen LogP contribution in [0.3, 0.4) is 0 Å². The Hall–Kier alpha value is 0.953. The zero-order valence-electron chi connectivity index (χ0n) is 13.9. The van der Waals surface area contributed by atoms with Crippen LogP contribution in [0.4, 0.5) is 0 Å². The Labute approximate surface area is 114 Å². The van der Waals surface area contributed by atoms with Crippen molar-refractivity contribution in [2.45, 2.75) is 92.1 Å². The normalized spacial score (nSPS) is 112. The zero-order chi connectivity index (χ0) is 13.9. The summed E-state index contributed by atoms with van der Waals surface area (Å²) in [5.41, 5.74) is 0. The topological polar surface area (TPSA) is 0 Å². The molecular weight excluding hydrogens is 316 g/mol. The van der Waals surface area contributed by atoms with Gasteiger partial charge in [-0.2, -0.15) is 0 Å². The number of rotatable bonds is 2. The van der Waals surface area contributed by atoms with E-state index in [4.69, 9.17) is 0 Å². The quantitative estimate of drug-likeness (QED) is 0.519. The third kappa shape index (κ3) is 0.0904. The molecule has 10 aliphatic heterocycles. The Bertz CT molecular complexity index is 1120. The van der Waals surface area contributed by atoms with Crippen LogP contribution in [0.5, 0.6) is 0 Å². The summed E-state index contributed by atoms with van der Waals surface area (Å²) in [6.45, 7) is 16.9. The van der Waals surface area contributed by atoms with Crippen molar-refractivity contribution in [3.05, 3.63) is 0 Å². The molecule has 0 bridgehead atoms. The van der Waals surface area contributed by atoms with Crippen LogP contribution in [0, 0.1) is 0 Å². The van der Waals surface area contributed by atoms with Crippen molar-refractivity contribution in [1.29, 1.82) is 0 Å².